The van der Waals surface area contributed by atoms with Crippen molar-refractivity contribution in [3.05, 3.63) is 0 Å². The molecule has 0 spiro atoms. The van der Waals surface area contributed by atoms with Crippen molar-refractivity contribution in [3.8, 4) is 0 Å². The molecule has 14 heteroatoms. The molecule has 0 heterocycles. The molecule has 0 aromatic heterocycles. The molecule has 0 fully saturated rings. The second-order valence-corrected chi connectivity index (χ2v) is 30.8. The Kier molecular flexibility index (Phi) is 80.5. The van der Waals surface area contributed by atoms with E-state index in [1.165, 1.54) is 289 Å². The summed E-state index contributed by atoms with van der Waals surface area (Å²) < 4.78 is 0. The molecule has 598 valence electrons. The van der Waals surface area contributed by atoms with E-state index in [0.717, 1.165) is 143 Å². The molecule has 0 aromatic rings. The largest absolute Gasteiger partial charge is 0.356 e. The standard InChI is InChI=1S/C87H175N9O5/c1-6-11-16-21-26-31-36-37-42-47-52-57-73-93-87(101)66-82-96(81-65-86(100)92-72-56-51-46-41-35-30-25-20-15-10-5)77-61-76-94(78-62-83(97)89-69-53-48-43-38-32-27-22-17-12-7-2)74-59-58-67-88-68-60-75-95(79-63-84(98)90-70-54-49-44-39-33-28-23-18-13-8-3)80-64-85(99)91-71-55-50-45-40-34-29-24-19-14-9-4/h88H,6-82H2,1-5H3,(H,89,97)(H,90,98)(H,91,99)(H,92,100)(H,93,101). The molecule has 0 aliphatic carbocycles. The first-order valence-electron chi connectivity index (χ1n) is 44.9. The molecule has 0 atom stereocenters. The molecule has 101 heavy (non-hydrogen) atoms. The third-order valence-corrected chi connectivity index (χ3v) is 20.9. The van der Waals surface area contributed by atoms with Crippen molar-refractivity contribution in [2.75, 3.05) is 105 Å². The van der Waals surface area contributed by atoms with E-state index in [2.05, 4.69) is 81.2 Å². The monoisotopic (exact) mass is 1430 g/mol. The zero-order valence-corrected chi connectivity index (χ0v) is 68.3. The number of carbonyl (C=O) groups excluding carboxylic acids is 5. The maximum absolute atomic E-state index is 13.3. The number of nitrogens with one attached hydrogen (secondary N) is 6. The Bertz CT molecular complexity index is 1700. The molecule has 5 amide bonds. The number of hydrogen-bond acceptors (Lipinski definition) is 9. The lowest BCUT2D eigenvalue weighted by atomic mass is 10.1. The first-order chi connectivity index (χ1) is 49.7. The number of nitrogens with zero attached hydrogens (tertiary/aromatic N) is 3. The van der Waals surface area contributed by atoms with E-state index in [9.17, 15) is 24.0 Å². The summed E-state index contributed by atoms with van der Waals surface area (Å²) in [5, 5.41) is 19.8. The first kappa shape index (κ1) is 98.2. The summed E-state index contributed by atoms with van der Waals surface area (Å²) in [7, 11) is 0. The second-order valence-electron chi connectivity index (χ2n) is 30.8. The second kappa shape index (κ2) is 82.8. The molecule has 14 nitrogen and oxygen atoms in total. The normalized spacial score (nSPS) is 11.6. The van der Waals surface area contributed by atoms with Crippen LogP contribution in [0, 0.1) is 0 Å². The summed E-state index contributed by atoms with van der Waals surface area (Å²) in [6.45, 7) is 23.5. The molecule has 0 bridgehead atoms. The van der Waals surface area contributed by atoms with Crippen molar-refractivity contribution in [1.29, 1.82) is 0 Å². The molecular formula is C87H175N9O5. The molecule has 0 saturated heterocycles. The summed E-state index contributed by atoms with van der Waals surface area (Å²) in [5.41, 5.74) is 0. The van der Waals surface area contributed by atoms with Gasteiger partial charge >= 0.3 is 0 Å². The van der Waals surface area contributed by atoms with Crippen LogP contribution < -0.4 is 31.9 Å². The predicted octanol–water partition coefficient (Wildman–Crippen LogP) is 21.0. The van der Waals surface area contributed by atoms with Crippen LogP contribution in [0.5, 0.6) is 0 Å². The van der Waals surface area contributed by atoms with Crippen LogP contribution in [0.4, 0.5) is 0 Å². The molecule has 0 radical (unpaired) electrons. The van der Waals surface area contributed by atoms with Gasteiger partial charge in [-0.05, 0) is 97.1 Å². The van der Waals surface area contributed by atoms with Crippen molar-refractivity contribution >= 4 is 29.5 Å². The van der Waals surface area contributed by atoms with Gasteiger partial charge in [0, 0.05) is 97.6 Å². The van der Waals surface area contributed by atoms with E-state index in [-0.39, 0.29) is 29.5 Å². The zero-order chi connectivity index (χ0) is 73.3. The molecule has 6 N–H and O–H groups in total. The van der Waals surface area contributed by atoms with Crippen LogP contribution in [0.1, 0.15) is 426 Å². The summed E-state index contributed by atoms with van der Waals surface area (Å²) in [5.74, 6) is 0.557. The summed E-state index contributed by atoms with van der Waals surface area (Å²) >= 11 is 0. The highest BCUT2D eigenvalue weighted by Gasteiger charge is 2.16. The minimum absolute atomic E-state index is 0.0993. The van der Waals surface area contributed by atoms with Crippen molar-refractivity contribution < 1.29 is 24.0 Å². The predicted molar refractivity (Wildman–Crippen MR) is 437 cm³/mol. The van der Waals surface area contributed by atoms with E-state index < -0.39 is 0 Å². The van der Waals surface area contributed by atoms with Gasteiger partial charge in [0.2, 0.25) is 29.5 Å². The molecule has 0 aliphatic heterocycles. The molecule has 0 aromatic carbocycles. The topological polar surface area (TPSA) is 167 Å². The van der Waals surface area contributed by atoms with Gasteiger partial charge in [0.1, 0.15) is 0 Å². The maximum Gasteiger partial charge on any atom is 0.221 e. The van der Waals surface area contributed by atoms with Gasteiger partial charge in [-0.15, -0.1) is 0 Å². The lowest BCUT2D eigenvalue weighted by molar-refractivity contribution is -0.123. The summed E-state index contributed by atoms with van der Waals surface area (Å²) in [6, 6.07) is 0. The number of hydrogen-bond donors (Lipinski definition) is 6. The molecule has 0 unspecified atom stereocenters. The van der Waals surface area contributed by atoms with E-state index in [4.69, 9.17) is 0 Å². The Labute approximate surface area is 628 Å². The highest BCUT2D eigenvalue weighted by Crippen LogP contribution is 2.16. The van der Waals surface area contributed by atoms with Crippen LogP contribution in [-0.2, 0) is 24.0 Å². The first-order valence-corrected chi connectivity index (χ1v) is 44.9. The lowest BCUT2D eigenvalue weighted by Crippen LogP contribution is -2.37. The van der Waals surface area contributed by atoms with Gasteiger partial charge < -0.3 is 46.6 Å². The van der Waals surface area contributed by atoms with Crippen molar-refractivity contribution in [2.24, 2.45) is 0 Å². The van der Waals surface area contributed by atoms with Crippen molar-refractivity contribution in [1.82, 2.24) is 46.6 Å². The average molecular weight is 1430 g/mol. The van der Waals surface area contributed by atoms with E-state index >= 15 is 0 Å². The Balaban J connectivity index is 5.60. The Morgan fingerprint density at radius 3 is 0.545 bits per heavy atom. The van der Waals surface area contributed by atoms with Gasteiger partial charge in [-0.2, -0.15) is 0 Å². The molecular weight excluding hydrogens is 1250 g/mol. The average Bonchev–Trinajstić information content (AvgIpc) is 1.52. The van der Waals surface area contributed by atoms with Gasteiger partial charge in [0.15, 0.2) is 0 Å². The van der Waals surface area contributed by atoms with Crippen LogP contribution in [0.3, 0.4) is 0 Å². The fourth-order valence-electron chi connectivity index (χ4n) is 14.0. The van der Waals surface area contributed by atoms with Gasteiger partial charge in [-0.1, -0.05) is 336 Å². The van der Waals surface area contributed by atoms with Crippen LogP contribution in [0.25, 0.3) is 0 Å². The number of unbranched alkanes of at least 4 members (excludes halogenated alkanes) is 48. The van der Waals surface area contributed by atoms with Crippen LogP contribution >= 0.6 is 0 Å². The fraction of sp³-hybridized carbons (Fsp3) is 0.943. The Morgan fingerprint density at radius 2 is 0.327 bits per heavy atom. The molecule has 0 rings (SSSR count). The highest BCUT2D eigenvalue weighted by atomic mass is 16.2. The van der Waals surface area contributed by atoms with Crippen molar-refractivity contribution in [3.63, 3.8) is 0 Å². The SMILES string of the molecule is CCCCCCCCCCCCCCNC(=O)CCN(CCCN(CCCCNCCCN(CCC(=O)NCCCCCCCCCCCC)CCC(=O)NCCCCCCCCCCCC)CCC(=O)NCCCCCCCCCCCC)CCC(=O)NCCCCCCCCCCCC. The van der Waals surface area contributed by atoms with E-state index in [0.29, 0.717) is 64.8 Å². The zero-order valence-electron chi connectivity index (χ0n) is 68.3. The highest BCUT2D eigenvalue weighted by molar-refractivity contribution is 5.77. The van der Waals surface area contributed by atoms with Crippen molar-refractivity contribution in [2.45, 2.75) is 426 Å². The van der Waals surface area contributed by atoms with Gasteiger partial charge in [0.05, 0.1) is 0 Å². The third-order valence-electron chi connectivity index (χ3n) is 20.9. The van der Waals surface area contributed by atoms with E-state index in [1.54, 1.807) is 0 Å². The summed E-state index contributed by atoms with van der Waals surface area (Å²) in [4.78, 5) is 73.1. The third kappa shape index (κ3) is 78.1. The molecule has 0 saturated carbocycles. The maximum atomic E-state index is 13.3. The van der Waals surface area contributed by atoms with Gasteiger partial charge in [-0.3, -0.25) is 24.0 Å². The fourth-order valence-corrected chi connectivity index (χ4v) is 14.0. The minimum atomic E-state index is 0.0993. The number of amides is 5. The van der Waals surface area contributed by atoms with Crippen LogP contribution in [0.2, 0.25) is 0 Å². The van der Waals surface area contributed by atoms with Gasteiger partial charge in [-0.25, -0.2) is 0 Å². The number of rotatable bonds is 85. The quantitative estimate of drug-likeness (QED) is 0.0325. The smallest absolute Gasteiger partial charge is 0.221 e. The Morgan fingerprint density at radius 1 is 0.168 bits per heavy atom. The molecule has 0 aliphatic rings. The summed E-state index contributed by atoms with van der Waals surface area (Å²) in [6.07, 6.45) is 72.9. The number of carbonyl (C=O) groups is 5. The minimum Gasteiger partial charge on any atom is -0.356 e. The Hall–Kier alpha value is -2.81. The van der Waals surface area contributed by atoms with E-state index in [1.807, 2.05) is 0 Å². The van der Waals surface area contributed by atoms with Gasteiger partial charge in [0.25, 0.3) is 0 Å². The lowest BCUT2D eigenvalue weighted by Gasteiger charge is -2.26. The van der Waals surface area contributed by atoms with Crippen LogP contribution in [-0.4, -0.2) is 149 Å². The van der Waals surface area contributed by atoms with Crippen LogP contribution in [0.15, 0.2) is 0 Å².